The van der Waals surface area contributed by atoms with Crippen molar-refractivity contribution in [2.45, 2.75) is 45.1 Å². The molecule has 3 rings (SSSR count). The molecule has 0 amide bonds. The van der Waals surface area contributed by atoms with Crippen LogP contribution < -0.4 is 5.32 Å². The molecule has 0 atom stereocenters. The maximum atomic E-state index is 4.42. The van der Waals surface area contributed by atoms with E-state index in [1.54, 1.807) is 0 Å². The van der Waals surface area contributed by atoms with Gasteiger partial charge in [0.2, 0.25) is 0 Å². The van der Waals surface area contributed by atoms with Crippen LogP contribution in [0.3, 0.4) is 0 Å². The first-order valence-corrected chi connectivity index (χ1v) is 7.97. The van der Waals surface area contributed by atoms with Gasteiger partial charge in [-0.1, -0.05) is 50.3 Å². The number of nitrogens with zero attached hydrogens (tertiary/aromatic N) is 1. The van der Waals surface area contributed by atoms with Gasteiger partial charge in [0.25, 0.3) is 0 Å². The van der Waals surface area contributed by atoms with Crippen molar-refractivity contribution in [3.8, 4) is 0 Å². The quantitative estimate of drug-likeness (QED) is 0.818. The van der Waals surface area contributed by atoms with E-state index < -0.39 is 0 Å². The summed E-state index contributed by atoms with van der Waals surface area (Å²) >= 11 is 0. The molecule has 1 aromatic carbocycles. The molecule has 1 N–H and O–H groups in total. The molecule has 0 unspecified atom stereocenters. The summed E-state index contributed by atoms with van der Waals surface area (Å²) in [4.78, 5) is 4.42. The first-order chi connectivity index (χ1) is 9.93. The van der Waals surface area contributed by atoms with Gasteiger partial charge in [-0.25, -0.2) is 0 Å². The fourth-order valence-electron chi connectivity index (χ4n) is 3.31. The zero-order chi connectivity index (χ0) is 13.6. The molecule has 1 aliphatic rings. The van der Waals surface area contributed by atoms with Crippen molar-refractivity contribution in [1.82, 2.24) is 10.3 Å². The van der Waals surface area contributed by atoms with Crippen LogP contribution in [0.15, 0.2) is 36.5 Å². The molecule has 0 bridgehead atoms. The number of hydrogen-bond acceptors (Lipinski definition) is 2. The van der Waals surface area contributed by atoms with Crippen LogP contribution >= 0.6 is 0 Å². The molecule has 1 fully saturated rings. The Hall–Kier alpha value is -1.41. The maximum absolute atomic E-state index is 4.42. The first-order valence-electron chi connectivity index (χ1n) is 7.97. The van der Waals surface area contributed by atoms with Crippen molar-refractivity contribution >= 4 is 10.9 Å². The Morgan fingerprint density at radius 3 is 2.80 bits per heavy atom. The van der Waals surface area contributed by atoms with Crippen molar-refractivity contribution in [3.05, 3.63) is 42.1 Å². The zero-order valence-corrected chi connectivity index (χ0v) is 12.1. The topological polar surface area (TPSA) is 24.9 Å². The van der Waals surface area contributed by atoms with Crippen molar-refractivity contribution < 1.29 is 0 Å². The summed E-state index contributed by atoms with van der Waals surface area (Å²) in [5.74, 6) is 0.963. The van der Waals surface area contributed by atoms with Crippen LogP contribution in [0.4, 0.5) is 0 Å². The summed E-state index contributed by atoms with van der Waals surface area (Å²) in [5, 5.41) is 4.89. The minimum Gasteiger partial charge on any atom is -0.313 e. The lowest BCUT2D eigenvalue weighted by molar-refractivity contribution is 0.334. The van der Waals surface area contributed by atoms with Gasteiger partial charge in [0.05, 0.1) is 5.52 Å². The van der Waals surface area contributed by atoms with E-state index in [0.29, 0.717) is 0 Å². The van der Waals surface area contributed by atoms with E-state index in [-0.39, 0.29) is 0 Å². The first kappa shape index (κ1) is 13.6. The van der Waals surface area contributed by atoms with E-state index in [2.05, 4.69) is 40.6 Å². The van der Waals surface area contributed by atoms with Crippen molar-refractivity contribution in [3.63, 3.8) is 0 Å². The monoisotopic (exact) mass is 268 g/mol. The van der Waals surface area contributed by atoms with E-state index in [1.165, 1.54) is 49.5 Å². The largest absolute Gasteiger partial charge is 0.313 e. The number of fused-ring (bicyclic) bond motifs is 1. The number of nitrogens with one attached hydrogen (secondary N) is 1. The standard InChI is InChI=1S/C18H24N2/c1-2-6-15(7-3-1)10-12-19-14-16-11-13-20-18-9-5-4-8-17(16)18/h4-5,8-9,11,13,15,19H,1-3,6-7,10,12,14H2. The molecule has 0 radical (unpaired) electrons. The van der Waals surface area contributed by atoms with E-state index >= 15 is 0 Å². The lowest BCUT2D eigenvalue weighted by Crippen LogP contribution is -2.19. The van der Waals surface area contributed by atoms with Crippen LogP contribution in [0.25, 0.3) is 10.9 Å². The van der Waals surface area contributed by atoms with Crippen LogP contribution in [0.5, 0.6) is 0 Å². The van der Waals surface area contributed by atoms with Gasteiger partial charge in [-0.2, -0.15) is 0 Å². The molecule has 2 nitrogen and oxygen atoms in total. The Labute approximate surface area is 121 Å². The summed E-state index contributed by atoms with van der Waals surface area (Å²) in [6, 6.07) is 10.5. The van der Waals surface area contributed by atoms with Crippen LogP contribution in [0, 0.1) is 5.92 Å². The highest BCUT2D eigenvalue weighted by atomic mass is 14.8. The van der Waals surface area contributed by atoms with Crippen molar-refractivity contribution in [2.75, 3.05) is 6.54 Å². The number of aromatic nitrogens is 1. The fourth-order valence-corrected chi connectivity index (χ4v) is 3.31. The van der Waals surface area contributed by atoms with Crippen LogP contribution in [-0.4, -0.2) is 11.5 Å². The Morgan fingerprint density at radius 1 is 1.05 bits per heavy atom. The second kappa shape index (κ2) is 6.85. The van der Waals surface area contributed by atoms with Gasteiger partial charge in [0, 0.05) is 18.1 Å². The number of hydrogen-bond donors (Lipinski definition) is 1. The van der Waals surface area contributed by atoms with Gasteiger partial charge < -0.3 is 5.32 Å². The molecule has 1 aliphatic carbocycles. The van der Waals surface area contributed by atoms with Gasteiger partial charge >= 0.3 is 0 Å². The molecule has 1 heterocycles. The van der Waals surface area contributed by atoms with Gasteiger partial charge in [0.1, 0.15) is 0 Å². The van der Waals surface area contributed by atoms with Crippen molar-refractivity contribution in [1.29, 1.82) is 0 Å². The summed E-state index contributed by atoms with van der Waals surface area (Å²) in [6.45, 7) is 2.09. The Morgan fingerprint density at radius 2 is 1.90 bits per heavy atom. The second-order valence-electron chi connectivity index (χ2n) is 5.96. The minimum atomic E-state index is 0.954. The van der Waals surface area contributed by atoms with Crippen molar-refractivity contribution in [2.24, 2.45) is 5.92 Å². The van der Waals surface area contributed by atoms with E-state index in [9.17, 15) is 0 Å². The van der Waals surface area contributed by atoms with E-state index in [0.717, 1.165) is 24.5 Å². The molecule has 20 heavy (non-hydrogen) atoms. The third-order valence-electron chi connectivity index (χ3n) is 4.51. The average Bonchev–Trinajstić information content (AvgIpc) is 2.53. The predicted molar refractivity (Wildman–Crippen MR) is 84.6 cm³/mol. The molecule has 0 spiro atoms. The average molecular weight is 268 g/mol. The Kier molecular flexibility index (Phi) is 4.65. The lowest BCUT2D eigenvalue weighted by Gasteiger charge is -2.21. The third-order valence-corrected chi connectivity index (χ3v) is 4.51. The Balaban J connectivity index is 1.52. The van der Waals surface area contributed by atoms with Gasteiger partial charge in [-0.3, -0.25) is 4.98 Å². The second-order valence-corrected chi connectivity index (χ2v) is 5.96. The summed E-state index contributed by atoms with van der Waals surface area (Å²) in [5.41, 5.74) is 2.46. The summed E-state index contributed by atoms with van der Waals surface area (Å²) < 4.78 is 0. The van der Waals surface area contributed by atoms with Crippen LogP contribution in [0.2, 0.25) is 0 Å². The third kappa shape index (κ3) is 3.37. The molecular formula is C18H24N2. The molecular weight excluding hydrogens is 244 g/mol. The van der Waals surface area contributed by atoms with E-state index in [1.807, 2.05) is 6.20 Å². The number of para-hydroxylation sites is 1. The Bertz CT molecular complexity index is 539. The highest BCUT2D eigenvalue weighted by Gasteiger charge is 2.12. The number of rotatable bonds is 5. The number of benzene rings is 1. The zero-order valence-electron chi connectivity index (χ0n) is 12.1. The maximum Gasteiger partial charge on any atom is 0.0705 e. The summed E-state index contributed by atoms with van der Waals surface area (Å²) in [7, 11) is 0. The number of pyridine rings is 1. The smallest absolute Gasteiger partial charge is 0.0705 e. The molecule has 2 aromatic rings. The van der Waals surface area contributed by atoms with Gasteiger partial charge in [-0.05, 0) is 36.6 Å². The molecule has 1 aromatic heterocycles. The fraction of sp³-hybridized carbons (Fsp3) is 0.500. The van der Waals surface area contributed by atoms with Gasteiger partial charge in [0.15, 0.2) is 0 Å². The predicted octanol–water partition coefficient (Wildman–Crippen LogP) is 4.29. The molecule has 2 heteroatoms. The summed E-state index contributed by atoms with van der Waals surface area (Å²) in [6.07, 6.45) is 10.5. The SMILES string of the molecule is c1ccc2c(CNCCC3CCCCC3)ccnc2c1. The molecule has 1 saturated carbocycles. The molecule has 106 valence electrons. The highest BCUT2D eigenvalue weighted by molar-refractivity contribution is 5.81. The van der Waals surface area contributed by atoms with Crippen LogP contribution in [-0.2, 0) is 6.54 Å². The van der Waals surface area contributed by atoms with Crippen LogP contribution in [0.1, 0.15) is 44.1 Å². The normalized spacial score (nSPS) is 16.6. The molecule has 0 aliphatic heterocycles. The molecule has 0 saturated heterocycles. The highest BCUT2D eigenvalue weighted by Crippen LogP contribution is 2.25. The minimum absolute atomic E-state index is 0.954. The lowest BCUT2D eigenvalue weighted by atomic mass is 9.87. The van der Waals surface area contributed by atoms with E-state index in [4.69, 9.17) is 0 Å². The van der Waals surface area contributed by atoms with Gasteiger partial charge in [-0.15, -0.1) is 0 Å².